The molecule has 1 aliphatic heterocycles. The van der Waals surface area contributed by atoms with E-state index in [1.165, 1.54) is 12.1 Å². The zero-order valence-corrected chi connectivity index (χ0v) is 15.7. The zero-order chi connectivity index (χ0) is 18.6. The number of rotatable bonds is 2. The van der Waals surface area contributed by atoms with Crippen molar-refractivity contribution in [1.29, 1.82) is 0 Å². The summed E-state index contributed by atoms with van der Waals surface area (Å²) in [4.78, 5) is 12.9. The SMILES string of the molecule is O=C1OC/C2=C/C(O)CCCCCCCC1(S(=O)(=O)c1ccccc1)C2. The summed E-state index contributed by atoms with van der Waals surface area (Å²) in [6.45, 7) is 0.0575. The Morgan fingerprint density at radius 1 is 1.04 bits per heavy atom. The molecule has 2 bridgehead atoms. The molecule has 1 aliphatic carbocycles. The van der Waals surface area contributed by atoms with E-state index in [1.54, 1.807) is 24.3 Å². The molecule has 1 N–H and O–H groups in total. The van der Waals surface area contributed by atoms with Crippen LogP contribution in [0.25, 0.3) is 0 Å². The van der Waals surface area contributed by atoms with Crippen LogP contribution >= 0.6 is 0 Å². The summed E-state index contributed by atoms with van der Waals surface area (Å²) in [7, 11) is -3.91. The Balaban J connectivity index is 2.05. The average molecular weight is 378 g/mol. The number of ether oxygens (including phenoxy) is 1. The molecule has 5 nitrogen and oxygen atoms in total. The molecule has 2 aliphatic rings. The highest BCUT2D eigenvalue weighted by Gasteiger charge is 2.54. The molecule has 142 valence electrons. The summed E-state index contributed by atoms with van der Waals surface area (Å²) in [5, 5.41) is 10.2. The minimum Gasteiger partial charge on any atom is -0.460 e. The van der Waals surface area contributed by atoms with Gasteiger partial charge in [0, 0.05) is 6.42 Å². The Morgan fingerprint density at radius 2 is 1.73 bits per heavy atom. The van der Waals surface area contributed by atoms with Gasteiger partial charge in [-0.3, -0.25) is 4.79 Å². The van der Waals surface area contributed by atoms with Crippen molar-refractivity contribution >= 4 is 15.8 Å². The van der Waals surface area contributed by atoms with Gasteiger partial charge < -0.3 is 9.84 Å². The quantitative estimate of drug-likeness (QED) is 0.631. The number of hydrogen-bond donors (Lipinski definition) is 1. The van der Waals surface area contributed by atoms with Crippen molar-refractivity contribution in [2.24, 2.45) is 0 Å². The Bertz CT molecular complexity index is 769. The summed E-state index contributed by atoms with van der Waals surface area (Å²) < 4.78 is 30.6. The standard InChI is InChI=1S/C20H26O5S/c21-17-9-5-2-1-3-8-12-20(14-16(13-17)15-25-19(20)22)26(23,24)18-10-6-4-7-11-18/h4,6-7,10-11,13,17,21H,1-3,5,8-9,12,14-15H2/b16-13+. The number of aliphatic hydroxyl groups is 1. The van der Waals surface area contributed by atoms with Crippen LogP contribution in [0.1, 0.15) is 51.4 Å². The van der Waals surface area contributed by atoms with E-state index in [4.69, 9.17) is 4.74 Å². The fraction of sp³-hybridized carbons (Fsp3) is 0.550. The topological polar surface area (TPSA) is 80.7 Å². The predicted molar refractivity (Wildman–Crippen MR) is 98.3 cm³/mol. The number of aliphatic hydroxyl groups excluding tert-OH is 1. The second-order valence-electron chi connectivity index (χ2n) is 7.26. The maximum Gasteiger partial charge on any atom is 0.328 e. The summed E-state index contributed by atoms with van der Waals surface area (Å²) in [5.74, 6) is -0.662. The van der Waals surface area contributed by atoms with Crippen LogP contribution in [0.3, 0.4) is 0 Å². The van der Waals surface area contributed by atoms with Crippen LogP contribution in [0.15, 0.2) is 46.9 Å². The van der Waals surface area contributed by atoms with Gasteiger partial charge in [-0.05, 0) is 30.5 Å². The van der Waals surface area contributed by atoms with E-state index < -0.39 is 26.7 Å². The smallest absolute Gasteiger partial charge is 0.328 e. The molecule has 6 heteroatoms. The van der Waals surface area contributed by atoms with Gasteiger partial charge in [0.05, 0.1) is 11.0 Å². The zero-order valence-electron chi connectivity index (χ0n) is 14.9. The van der Waals surface area contributed by atoms with E-state index in [-0.39, 0.29) is 24.3 Å². The number of fused-ring (bicyclic) bond motifs is 2. The summed E-state index contributed by atoms with van der Waals surface area (Å²) in [6, 6.07) is 8.13. The molecule has 0 aromatic heterocycles. The van der Waals surface area contributed by atoms with Crippen molar-refractivity contribution in [1.82, 2.24) is 0 Å². The van der Waals surface area contributed by atoms with Gasteiger partial charge in [-0.1, -0.05) is 56.4 Å². The number of carbonyl (C=O) groups excluding carboxylic acids is 1. The largest absolute Gasteiger partial charge is 0.460 e. The Hall–Kier alpha value is -1.66. The number of carbonyl (C=O) groups is 1. The first kappa shape index (κ1) is 19.1. The van der Waals surface area contributed by atoms with E-state index in [2.05, 4.69) is 0 Å². The number of esters is 1. The molecule has 3 rings (SSSR count). The number of hydrogen-bond acceptors (Lipinski definition) is 5. The summed E-state index contributed by atoms with van der Waals surface area (Å²) in [5.41, 5.74) is 0.692. The normalized spacial score (nSPS) is 30.3. The number of benzene rings is 1. The van der Waals surface area contributed by atoms with E-state index >= 15 is 0 Å². The van der Waals surface area contributed by atoms with Crippen molar-refractivity contribution in [3.63, 3.8) is 0 Å². The van der Waals surface area contributed by atoms with Gasteiger partial charge in [-0.15, -0.1) is 0 Å². The van der Waals surface area contributed by atoms with E-state index in [0.717, 1.165) is 25.7 Å². The molecular weight excluding hydrogens is 352 g/mol. The second kappa shape index (κ2) is 7.92. The van der Waals surface area contributed by atoms with Crippen molar-refractivity contribution in [3.05, 3.63) is 42.0 Å². The van der Waals surface area contributed by atoms with Crippen LogP contribution in [-0.2, 0) is 19.4 Å². The minimum absolute atomic E-state index is 0.0575. The first-order chi connectivity index (χ1) is 12.5. The summed E-state index contributed by atoms with van der Waals surface area (Å²) in [6.07, 6.45) is 6.50. The number of cyclic esters (lactones) is 1. The highest BCUT2D eigenvalue weighted by Crippen LogP contribution is 2.40. The maximum absolute atomic E-state index is 13.4. The Morgan fingerprint density at radius 3 is 2.50 bits per heavy atom. The molecular formula is C20H26O5S. The van der Waals surface area contributed by atoms with Crippen molar-refractivity contribution in [2.45, 2.75) is 67.1 Å². The first-order valence-corrected chi connectivity index (χ1v) is 10.8. The highest BCUT2D eigenvalue weighted by atomic mass is 32.2. The molecule has 0 spiro atoms. The summed E-state index contributed by atoms with van der Waals surface area (Å²) >= 11 is 0. The third-order valence-electron chi connectivity index (χ3n) is 5.35. The van der Waals surface area contributed by atoms with Gasteiger partial charge in [0.15, 0.2) is 14.6 Å². The highest BCUT2D eigenvalue weighted by molar-refractivity contribution is 7.93. The lowest BCUT2D eigenvalue weighted by molar-refractivity contribution is -0.148. The molecule has 1 aromatic rings. The minimum atomic E-state index is -3.91. The monoisotopic (exact) mass is 378 g/mol. The van der Waals surface area contributed by atoms with E-state index in [9.17, 15) is 18.3 Å². The van der Waals surface area contributed by atoms with Crippen molar-refractivity contribution in [2.75, 3.05) is 6.61 Å². The van der Waals surface area contributed by atoms with Crippen LogP contribution in [0.4, 0.5) is 0 Å². The second-order valence-corrected chi connectivity index (χ2v) is 9.52. The number of sulfone groups is 1. The first-order valence-electron chi connectivity index (χ1n) is 9.30. The third kappa shape index (κ3) is 3.71. The Kier molecular flexibility index (Phi) is 5.82. The van der Waals surface area contributed by atoms with Crippen LogP contribution in [0.2, 0.25) is 0 Å². The van der Waals surface area contributed by atoms with Crippen LogP contribution in [0, 0.1) is 0 Å². The van der Waals surface area contributed by atoms with Gasteiger partial charge in [-0.25, -0.2) is 8.42 Å². The van der Waals surface area contributed by atoms with E-state index in [1.807, 2.05) is 0 Å². The molecule has 2 atom stereocenters. The van der Waals surface area contributed by atoms with Crippen LogP contribution in [-0.4, -0.2) is 37.0 Å². The average Bonchev–Trinajstić information content (AvgIpc) is 2.63. The molecule has 1 fully saturated rings. The molecule has 1 heterocycles. The lowest BCUT2D eigenvalue weighted by Gasteiger charge is -2.36. The lowest BCUT2D eigenvalue weighted by atomic mass is 9.89. The molecule has 0 saturated carbocycles. The van der Waals surface area contributed by atoms with Gasteiger partial charge >= 0.3 is 5.97 Å². The van der Waals surface area contributed by atoms with Crippen LogP contribution < -0.4 is 0 Å². The lowest BCUT2D eigenvalue weighted by Crippen LogP contribution is -2.51. The van der Waals surface area contributed by atoms with Gasteiger partial charge in [0.2, 0.25) is 0 Å². The fourth-order valence-electron chi connectivity index (χ4n) is 3.89. The van der Waals surface area contributed by atoms with Crippen molar-refractivity contribution < 1.29 is 23.1 Å². The van der Waals surface area contributed by atoms with E-state index in [0.29, 0.717) is 18.4 Å². The van der Waals surface area contributed by atoms with Gasteiger partial charge in [0.1, 0.15) is 6.61 Å². The van der Waals surface area contributed by atoms with Crippen LogP contribution in [0.5, 0.6) is 0 Å². The predicted octanol–water partition coefficient (Wildman–Crippen LogP) is 3.18. The fourth-order valence-corrected chi connectivity index (χ4v) is 5.92. The molecule has 26 heavy (non-hydrogen) atoms. The van der Waals surface area contributed by atoms with Gasteiger partial charge in [0.25, 0.3) is 0 Å². The molecule has 2 unspecified atom stereocenters. The molecule has 0 radical (unpaired) electrons. The Labute approximate surface area is 155 Å². The molecule has 1 aromatic carbocycles. The van der Waals surface area contributed by atoms with Gasteiger partial charge in [-0.2, -0.15) is 0 Å². The molecule has 0 amide bonds. The van der Waals surface area contributed by atoms with Crippen molar-refractivity contribution in [3.8, 4) is 0 Å². The molecule has 1 saturated heterocycles. The third-order valence-corrected chi connectivity index (χ3v) is 7.79. The maximum atomic E-state index is 13.4.